The van der Waals surface area contributed by atoms with Gasteiger partial charge in [-0.25, -0.2) is 17.6 Å². The summed E-state index contributed by atoms with van der Waals surface area (Å²) in [5.74, 6) is -7.44. The van der Waals surface area contributed by atoms with Crippen LogP contribution in [-0.4, -0.2) is 13.1 Å². The zero-order valence-corrected chi connectivity index (χ0v) is 13.8. The second kappa shape index (κ2) is 6.45. The first kappa shape index (κ1) is 18.3. The number of carbonyl (C=O) groups is 1. The smallest absolute Gasteiger partial charge is 0.310 e. The van der Waals surface area contributed by atoms with E-state index < -0.39 is 58.3 Å². The molecule has 0 radical (unpaired) electrons. The van der Waals surface area contributed by atoms with E-state index in [-0.39, 0.29) is 5.92 Å². The number of halogens is 4. The quantitative estimate of drug-likeness (QED) is 0.350. The number of hydrogen-bond acceptors (Lipinski definition) is 3. The van der Waals surface area contributed by atoms with E-state index in [0.717, 1.165) is 6.92 Å². The van der Waals surface area contributed by atoms with E-state index >= 15 is 0 Å². The number of hydrogen-bond donors (Lipinski definition) is 0. The fourth-order valence-electron chi connectivity index (χ4n) is 2.80. The minimum absolute atomic E-state index is 0.147. The van der Waals surface area contributed by atoms with Gasteiger partial charge in [0.1, 0.15) is 6.61 Å². The molecule has 0 bridgehead atoms. The summed E-state index contributed by atoms with van der Waals surface area (Å²) in [6.45, 7) is 3.70. The molecule has 0 saturated heterocycles. The van der Waals surface area contributed by atoms with Crippen molar-refractivity contribution in [3.63, 3.8) is 0 Å². The maximum Gasteiger partial charge on any atom is 0.310 e. The van der Waals surface area contributed by atoms with Crippen LogP contribution in [-0.2, 0) is 20.9 Å². The van der Waals surface area contributed by atoms with Gasteiger partial charge in [-0.1, -0.05) is 13.8 Å². The van der Waals surface area contributed by atoms with Crippen LogP contribution >= 0.6 is 0 Å². The number of carbonyl (C=O) groups excluding carboxylic acids is 1. The van der Waals surface area contributed by atoms with Crippen molar-refractivity contribution in [1.82, 2.24) is 0 Å². The zero-order chi connectivity index (χ0) is 18.2. The maximum absolute atomic E-state index is 13.8. The number of benzene rings is 1. The van der Waals surface area contributed by atoms with Gasteiger partial charge in [-0.05, 0) is 24.3 Å². The Hall–Kier alpha value is -2.05. The number of rotatable bonds is 5. The van der Waals surface area contributed by atoms with Crippen molar-refractivity contribution in [2.75, 3.05) is 7.11 Å². The lowest BCUT2D eigenvalue weighted by atomic mass is 10.1. The Balaban J connectivity index is 2.13. The van der Waals surface area contributed by atoms with Crippen LogP contribution in [0.2, 0.25) is 0 Å². The van der Waals surface area contributed by atoms with Gasteiger partial charge in [-0.2, -0.15) is 0 Å². The van der Waals surface area contributed by atoms with Crippen LogP contribution in [0.4, 0.5) is 17.6 Å². The molecule has 1 aromatic rings. The van der Waals surface area contributed by atoms with Gasteiger partial charge >= 0.3 is 5.97 Å². The summed E-state index contributed by atoms with van der Waals surface area (Å²) < 4.78 is 64.2. The van der Waals surface area contributed by atoms with Gasteiger partial charge in [-0.15, -0.1) is 0 Å². The molecule has 0 spiro atoms. The summed E-state index contributed by atoms with van der Waals surface area (Å²) in [5.41, 5.74) is -2.09. The Bertz CT molecular complexity index is 669. The predicted molar refractivity (Wildman–Crippen MR) is 77.7 cm³/mol. The number of methoxy groups -OCH3 is 1. The van der Waals surface area contributed by atoms with Crippen LogP contribution in [0.25, 0.3) is 0 Å². The highest BCUT2D eigenvalue weighted by molar-refractivity contribution is 5.78. The lowest BCUT2D eigenvalue weighted by Gasteiger charge is -2.10. The van der Waals surface area contributed by atoms with E-state index in [1.807, 2.05) is 13.8 Å². The Kier molecular flexibility index (Phi) is 4.92. The minimum atomic E-state index is -1.55. The molecule has 1 aromatic carbocycles. The molecule has 2 rings (SSSR count). The molecule has 1 saturated carbocycles. The number of allylic oxidation sites excluding steroid dienone is 1. The molecule has 0 heterocycles. The van der Waals surface area contributed by atoms with Gasteiger partial charge in [0.25, 0.3) is 0 Å². The number of ether oxygens (including phenoxy) is 2. The highest BCUT2D eigenvalue weighted by Gasteiger charge is 2.61. The zero-order valence-electron chi connectivity index (χ0n) is 13.8. The van der Waals surface area contributed by atoms with E-state index in [1.54, 1.807) is 6.08 Å². The highest BCUT2D eigenvalue weighted by Crippen LogP contribution is 2.59. The van der Waals surface area contributed by atoms with Gasteiger partial charge in [0.05, 0.1) is 24.9 Å². The molecule has 7 heteroatoms. The summed E-state index contributed by atoms with van der Waals surface area (Å²) in [7, 11) is 1.46. The van der Waals surface area contributed by atoms with E-state index in [2.05, 4.69) is 0 Å². The first-order valence-corrected chi connectivity index (χ1v) is 7.32. The normalized spacial score (nSPS) is 21.8. The summed E-state index contributed by atoms with van der Waals surface area (Å²) in [5, 5.41) is 0. The molecule has 0 unspecified atom stereocenters. The van der Waals surface area contributed by atoms with Crippen LogP contribution < -0.4 is 0 Å². The van der Waals surface area contributed by atoms with E-state index in [1.165, 1.54) is 13.4 Å². The fourth-order valence-corrected chi connectivity index (χ4v) is 2.80. The molecule has 3 nitrogen and oxygen atoms in total. The van der Waals surface area contributed by atoms with Crippen molar-refractivity contribution >= 4 is 5.97 Å². The Labute approximate surface area is 137 Å². The molecule has 0 aliphatic heterocycles. The molecule has 1 fully saturated rings. The lowest BCUT2D eigenvalue weighted by molar-refractivity contribution is -0.147. The third kappa shape index (κ3) is 2.99. The highest BCUT2D eigenvalue weighted by atomic mass is 19.2. The van der Waals surface area contributed by atoms with Gasteiger partial charge in [0.15, 0.2) is 23.3 Å². The van der Waals surface area contributed by atoms with Gasteiger partial charge in [0, 0.05) is 5.56 Å². The van der Waals surface area contributed by atoms with Crippen molar-refractivity contribution in [3.8, 4) is 0 Å². The molecule has 0 amide bonds. The van der Waals surface area contributed by atoms with Crippen molar-refractivity contribution in [3.05, 3.63) is 46.7 Å². The average molecular weight is 346 g/mol. The van der Waals surface area contributed by atoms with Crippen LogP contribution in [0.1, 0.15) is 25.0 Å². The predicted octanol–water partition coefficient (Wildman–Crippen LogP) is 4.03. The fraction of sp³-hybridized carbons (Fsp3) is 0.471. The summed E-state index contributed by atoms with van der Waals surface area (Å²) in [6, 6.07) is 0. The van der Waals surface area contributed by atoms with Crippen LogP contribution in [0, 0.1) is 47.4 Å². The third-order valence-electron chi connectivity index (χ3n) is 4.52. The lowest BCUT2D eigenvalue weighted by Crippen LogP contribution is -2.14. The molecule has 24 heavy (non-hydrogen) atoms. The largest absolute Gasteiger partial charge is 0.505 e. The van der Waals surface area contributed by atoms with E-state index in [0.29, 0.717) is 0 Å². The summed E-state index contributed by atoms with van der Waals surface area (Å²) in [6.07, 6.45) is 3.13. The molecule has 132 valence electrons. The second-order valence-corrected chi connectivity index (χ2v) is 6.36. The SMILES string of the molecule is COC=C[C@@H]1[C@@H](C(=O)OCc2c(F)c(F)c(C)c(F)c2F)C1(C)C. The Morgan fingerprint density at radius 1 is 1.12 bits per heavy atom. The molecule has 1 aliphatic rings. The van der Waals surface area contributed by atoms with E-state index in [4.69, 9.17) is 9.47 Å². The maximum atomic E-state index is 13.8. The van der Waals surface area contributed by atoms with Gasteiger partial charge in [0.2, 0.25) is 0 Å². The third-order valence-corrected chi connectivity index (χ3v) is 4.52. The Morgan fingerprint density at radius 3 is 2.17 bits per heavy atom. The van der Waals surface area contributed by atoms with E-state index in [9.17, 15) is 22.4 Å². The Morgan fingerprint density at radius 2 is 1.67 bits per heavy atom. The topological polar surface area (TPSA) is 35.5 Å². The monoisotopic (exact) mass is 346 g/mol. The standard InChI is InChI=1S/C17H18F4O3/c1-8-12(18)14(20)9(15(21)13(8)19)7-24-16(22)11-10(5-6-23-4)17(11,2)3/h5-6,10-11H,7H2,1-4H3/t10-,11+/m1/s1. The van der Waals surface area contributed by atoms with Crippen LogP contribution in [0.5, 0.6) is 0 Å². The second-order valence-electron chi connectivity index (χ2n) is 6.36. The van der Waals surface area contributed by atoms with Gasteiger partial charge < -0.3 is 9.47 Å². The van der Waals surface area contributed by atoms with Crippen molar-refractivity contribution in [2.45, 2.75) is 27.4 Å². The molecular formula is C17H18F4O3. The molecular weight excluding hydrogens is 328 g/mol. The van der Waals surface area contributed by atoms with Crippen LogP contribution in [0.15, 0.2) is 12.3 Å². The molecule has 2 atom stereocenters. The van der Waals surface area contributed by atoms with Gasteiger partial charge in [-0.3, -0.25) is 4.79 Å². The first-order chi connectivity index (χ1) is 11.1. The molecule has 0 N–H and O–H groups in total. The minimum Gasteiger partial charge on any atom is -0.505 e. The molecule has 0 aromatic heterocycles. The van der Waals surface area contributed by atoms with Crippen molar-refractivity contribution in [1.29, 1.82) is 0 Å². The first-order valence-electron chi connectivity index (χ1n) is 7.32. The van der Waals surface area contributed by atoms with Crippen molar-refractivity contribution < 1.29 is 31.8 Å². The molecule has 1 aliphatic carbocycles. The summed E-state index contributed by atoms with van der Waals surface area (Å²) >= 11 is 0. The number of esters is 1. The average Bonchev–Trinajstić information content (AvgIpc) is 3.09. The van der Waals surface area contributed by atoms with Crippen molar-refractivity contribution in [2.24, 2.45) is 17.3 Å². The summed E-state index contributed by atoms with van der Waals surface area (Å²) in [4.78, 5) is 12.1. The van der Waals surface area contributed by atoms with Crippen LogP contribution in [0.3, 0.4) is 0 Å².